The fraction of sp³-hybridized carbons (Fsp3) is 0.214. The SMILES string of the molecule is COc1ccc(CC(NN)c2cccc(Cl)c2Cl)cn1. The molecule has 106 valence electrons. The van der Waals surface area contributed by atoms with E-state index in [4.69, 9.17) is 33.8 Å². The van der Waals surface area contributed by atoms with Crippen LogP contribution in [0.3, 0.4) is 0 Å². The Hall–Kier alpha value is -1.33. The third-order valence-corrected chi connectivity index (χ3v) is 3.84. The smallest absolute Gasteiger partial charge is 0.212 e. The third-order valence-electron chi connectivity index (χ3n) is 3.00. The molecular weight excluding hydrogens is 297 g/mol. The first kappa shape index (κ1) is 15.1. The molecule has 0 aliphatic rings. The predicted molar refractivity (Wildman–Crippen MR) is 81.0 cm³/mol. The van der Waals surface area contributed by atoms with E-state index >= 15 is 0 Å². The first-order valence-electron chi connectivity index (χ1n) is 6.04. The molecule has 0 aliphatic carbocycles. The number of nitrogens with two attached hydrogens (primary N) is 1. The maximum Gasteiger partial charge on any atom is 0.212 e. The minimum Gasteiger partial charge on any atom is -0.481 e. The Morgan fingerprint density at radius 3 is 2.70 bits per heavy atom. The number of pyridine rings is 1. The molecule has 0 radical (unpaired) electrons. The fourth-order valence-corrected chi connectivity index (χ4v) is 2.38. The summed E-state index contributed by atoms with van der Waals surface area (Å²) >= 11 is 12.2. The molecule has 2 rings (SSSR count). The molecule has 4 nitrogen and oxygen atoms in total. The van der Waals surface area contributed by atoms with Crippen molar-refractivity contribution in [1.29, 1.82) is 0 Å². The first-order valence-corrected chi connectivity index (χ1v) is 6.80. The summed E-state index contributed by atoms with van der Waals surface area (Å²) in [6, 6.07) is 9.10. The minimum atomic E-state index is -0.142. The van der Waals surface area contributed by atoms with Crippen LogP contribution >= 0.6 is 23.2 Å². The van der Waals surface area contributed by atoms with Gasteiger partial charge in [-0.1, -0.05) is 41.4 Å². The quantitative estimate of drug-likeness (QED) is 0.658. The molecule has 0 amide bonds. The summed E-state index contributed by atoms with van der Waals surface area (Å²) in [4.78, 5) is 4.17. The molecule has 2 aromatic rings. The lowest BCUT2D eigenvalue weighted by Gasteiger charge is -2.18. The summed E-state index contributed by atoms with van der Waals surface area (Å²) in [5.74, 6) is 6.21. The molecule has 20 heavy (non-hydrogen) atoms. The van der Waals surface area contributed by atoms with Gasteiger partial charge in [0.2, 0.25) is 5.88 Å². The summed E-state index contributed by atoms with van der Waals surface area (Å²) < 4.78 is 5.03. The van der Waals surface area contributed by atoms with Gasteiger partial charge in [-0.25, -0.2) is 4.98 Å². The second kappa shape index (κ2) is 6.90. The first-order chi connectivity index (χ1) is 9.65. The van der Waals surface area contributed by atoms with E-state index in [9.17, 15) is 0 Å². The van der Waals surface area contributed by atoms with E-state index in [1.807, 2.05) is 24.3 Å². The van der Waals surface area contributed by atoms with Crippen molar-refractivity contribution in [1.82, 2.24) is 10.4 Å². The molecule has 0 spiro atoms. The van der Waals surface area contributed by atoms with Crippen LogP contribution in [0, 0.1) is 0 Å². The number of ether oxygens (including phenoxy) is 1. The van der Waals surface area contributed by atoms with Gasteiger partial charge in [0.25, 0.3) is 0 Å². The lowest BCUT2D eigenvalue weighted by Crippen LogP contribution is -2.29. The molecule has 3 N–H and O–H groups in total. The number of hydrogen-bond donors (Lipinski definition) is 2. The number of hydrazine groups is 1. The van der Waals surface area contributed by atoms with E-state index < -0.39 is 0 Å². The van der Waals surface area contributed by atoms with Crippen molar-refractivity contribution in [2.45, 2.75) is 12.5 Å². The molecular formula is C14H15Cl2N3O. The Bertz CT molecular complexity index is 575. The Morgan fingerprint density at radius 1 is 1.30 bits per heavy atom. The molecule has 1 unspecified atom stereocenters. The molecule has 1 heterocycles. The van der Waals surface area contributed by atoms with E-state index in [-0.39, 0.29) is 6.04 Å². The van der Waals surface area contributed by atoms with Crippen molar-refractivity contribution in [2.75, 3.05) is 7.11 Å². The maximum atomic E-state index is 6.22. The van der Waals surface area contributed by atoms with Gasteiger partial charge < -0.3 is 4.74 Å². The zero-order chi connectivity index (χ0) is 14.5. The number of methoxy groups -OCH3 is 1. The monoisotopic (exact) mass is 311 g/mol. The van der Waals surface area contributed by atoms with Crippen molar-refractivity contribution in [3.8, 4) is 5.88 Å². The number of hydrogen-bond acceptors (Lipinski definition) is 4. The second-order valence-corrected chi connectivity index (χ2v) is 5.06. The zero-order valence-corrected chi connectivity index (χ0v) is 12.4. The summed E-state index contributed by atoms with van der Waals surface area (Å²) in [5, 5.41) is 1.02. The highest BCUT2D eigenvalue weighted by Crippen LogP contribution is 2.31. The van der Waals surface area contributed by atoms with Crippen LogP contribution < -0.4 is 16.0 Å². The molecule has 0 saturated carbocycles. The van der Waals surface area contributed by atoms with Crippen LogP contribution in [0.2, 0.25) is 10.0 Å². The number of benzene rings is 1. The zero-order valence-electron chi connectivity index (χ0n) is 10.9. The van der Waals surface area contributed by atoms with Gasteiger partial charge in [-0.15, -0.1) is 0 Å². The van der Waals surface area contributed by atoms with Crippen LogP contribution in [0.5, 0.6) is 5.88 Å². The normalized spacial score (nSPS) is 12.2. The molecule has 1 aromatic carbocycles. The van der Waals surface area contributed by atoms with Crippen LogP contribution in [0.4, 0.5) is 0 Å². The molecule has 6 heteroatoms. The van der Waals surface area contributed by atoms with Gasteiger partial charge in [0.05, 0.1) is 23.2 Å². The van der Waals surface area contributed by atoms with Crippen molar-refractivity contribution in [3.63, 3.8) is 0 Å². The Kier molecular flexibility index (Phi) is 5.20. The van der Waals surface area contributed by atoms with Gasteiger partial charge in [0, 0.05) is 12.3 Å². The highest BCUT2D eigenvalue weighted by molar-refractivity contribution is 6.42. The van der Waals surface area contributed by atoms with Crippen LogP contribution in [0.25, 0.3) is 0 Å². The molecule has 0 saturated heterocycles. The number of nitrogens with zero attached hydrogens (tertiary/aromatic N) is 1. The number of rotatable bonds is 5. The van der Waals surface area contributed by atoms with Crippen LogP contribution in [0.15, 0.2) is 36.5 Å². The summed E-state index contributed by atoms with van der Waals surface area (Å²) in [6.07, 6.45) is 2.40. The van der Waals surface area contributed by atoms with Crippen LogP contribution in [-0.4, -0.2) is 12.1 Å². The second-order valence-electron chi connectivity index (χ2n) is 4.28. The van der Waals surface area contributed by atoms with Gasteiger partial charge in [-0.3, -0.25) is 11.3 Å². The lowest BCUT2D eigenvalue weighted by atomic mass is 10.0. The van der Waals surface area contributed by atoms with Gasteiger partial charge in [0.15, 0.2) is 0 Å². The topological polar surface area (TPSA) is 60.2 Å². The summed E-state index contributed by atoms with van der Waals surface area (Å²) in [5.41, 5.74) is 4.64. The Labute approximate surface area is 127 Å². The fourth-order valence-electron chi connectivity index (χ4n) is 1.94. The van der Waals surface area contributed by atoms with Crippen molar-refractivity contribution in [3.05, 3.63) is 57.7 Å². The van der Waals surface area contributed by atoms with E-state index in [1.54, 1.807) is 19.4 Å². The van der Waals surface area contributed by atoms with Crippen LogP contribution in [0.1, 0.15) is 17.2 Å². The number of aromatic nitrogens is 1. The molecule has 1 atom stereocenters. The lowest BCUT2D eigenvalue weighted by molar-refractivity contribution is 0.397. The highest BCUT2D eigenvalue weighted by atomic mass is 35.5. The predicted octanol–water partition coefficient (Wildman–Crippen LogP) is 3.14. The standard InChI is InChI=1S/C14H15Cl2N3O/c1-20-13-6-5-9(8-18-13)7-12(19-17)10-3-2-4-11(15)14(10)16/h2-6,8,12,19H,7,17H2,1H3. The summed E-state index contributed by atoms with van der Waals surface area (Å²) in [7, 11) is 1.58. The Balaban J connectivity index is 2.21. The van der Waals surface area contributed by atoms with Crippen molar-refractivity contribution in [2.24, 2.45) is 5.84 Å². The van der Waals surface area contributed by atoms with E-state index in [1.165, 1.54) is 0 Å². The highest BCUT2D eigenvalue weighted by Gasteiger charge is 2.15. The molecule has 0 bridgehead atoms. The van der Waals surface area contributed by atoms with Gasteiger partial charge in [-0.2, -0.15) is 0 Å². The molecule has 0 fully saturated rings. The van der Waals surface area contributed by atoms with Gasteiger partial charge in [-0.05, 0) is 23.6 Å². The largest absolute Gasteiger partial charge is 0.481 e. The molecule has 0 aliphatic heterocycles. The van der Waals surface area contributed by atoms with E-state index in [0.717, 1.165) is 11.1 Å². The van der Waals surface area contributed by atoms with Gasteiger partial charge in [0.1, 0.15) is 0 Å². The van der Waals surface area contributed by atoms with E-state index in [0.29, 0.717) is 22.3 Å². The third kappa shape index (κ3) is 3.41. The minimum absolute atomic E-state index is 0.142. The number of nitrogens with one attached hydrogen (secondary N) is 1. The van der Waals surface area contributed by atoms with Crippen molar-refractivity contribution < 1.29 is 4.74 Å². The average Bonchev–Trinajstić information content (AvgIpc) is 2.48. The Morgan fingerprint density at radius 2 is 2.10 bits per heavy atom. The number of halogens is 2. The van der Waals surface area contributed by atoms with Gasteiger partial charge >= 0.3 is 0 Å². The van der Waals surface area contributed by atoms with E-state index in [2.05, 4.69) is 10.4 Å². The maximum absolute atomic E-state index is 6.22. The summed E-state index contributed by atoms with van der Waals surface area (Å²) in [6.45, 7) is 0. The molecule has 1 aromatic heterocycles. The van der Waals surface area contributed by atoms with Crippen LogP contribution in [-0.2, 0) is 6.42 Å². The average molecular weight is 312 g/mol. The van der Waals surface area contributed by atoms with Crippen molar-refractivity contribution >= 4 is 23.2 Å².